The zero-order chi connectivity index (χ0) is 11.4. The van der Waals surface area contributed by atoms with Crippen LogP contribution in [-0.2, 0) is 0 Å². The molecule has 0 heterocycles. The highest BCUT2D eigenvalue weighted by atomic mass is 35.5. The summed E-state index contributed by atoms with van der Waals surface area (Å²) in [6.45, 7) is 1.41. The number of hydrogen-bond acceptors (Lipinski definition) is 3. The fourth-order valence-electron chi connectivity index (χ4n) is 1.10. The molecule has 0 unspecified atom stereocenters. The van der Waals surface area contributed by atoms with Crippen molar-refractivity contribution in [1.29, 1.82) is 0 Å². The Balaban J connectivity index is 3.24. The van der Waals surface area contributed by atoms with Crippen molar-refractivity contribution >= 4 is 17.7 Å². The third kappa shape index (κ3) is 2.70. The van der Waals surface area contributed by atoms with Crippen LogP contribution < -0.4 is 4.74 Å². The van der Waals surface area contributed by atoms with Crippen molar-refractivity contribution in [1.82, 2.24) is 0 Å². The van der Waals surface area contributed by atoms with Gasteiger partial charge in [0.1, 0.15) is 5.75 Å². The van der Waals surface area contributed by atoms with Crippen molar-refractivity contribution in [2.24, 2.45) is 0 Å². The zero-order valence-corrected chi connectivity index (χ0v) is 9.12. The molecular weight excluding hydrogens is 218 g/mol. The first-order valence-electron chi connectivity index (χ1n) is 4.21. The Morgan fingerprint density at radius 3 is 2.80 bits per heavy atom. The van der Waals surface area contributed by atoms with Crippen LogP contribution in [0, 0.1) is 10.1 Å². The van der Waals surface area contributed by atoms with Crippen molar-refractivity contribution < 1.29 is 9.66 Å². The Labute approximate surface area is 92.3 Å². The number of benzene rings is 1. The molecule has 4 nitrogen and oxygen atoms in total. The second-order valence-corrected chi connectivity index (χ2v) is 3.31. The highest BCUT2D eigenvalue weighted by Gasteiger charge is 2.09. The van der Waals surface area contributed by atoms with E-state index in [-0.39, 0.29) is 5.70 Å². The maximum Gasteiger partial charge on any atom is 0.243 e. The van der Waals surface area contributed by atoms with Crippen LogP contribution in [-0.4, -0.2) is 12.0 Å². The number of hydrogen-bond donors (Lipinski definition) is 0. The maximum absolute atomic E-state index is 10.5. The summed E-state index contributed by atoms with van der Waals surface area (Å²) in [7, 11) is 1.49. The smallest absolute Gasteiger partial charge is 0.243 e. The average Bonchev–Trinajstić information content (AvgIpc) is 2.20. The number of rotatable bonds is 3. The van der Waals surface area contributed by atoms with Gasteiger partial charge in [-0.2, -0.15) is 0 Å². The minimum Gasteiger partial charge on any atom is -0.496 e. The second-order valence-electron chi connectivity index (χ2n) is 2.90. The molecule has 1 aromatic carbocycles. The lowest BCUT2D eigenvalue weighted by molar-refractivity contribution is -0.422. The van der Waals surface area contributed by atoms with Gasteiger partial charge >= 0.3 is 0 Å². The van der Waals surface area contributed by atoms with Crippen LogP contribution in [0.4, 0.5) is 0 Å². The molecule has 0 saturated heterocycles. The number of halogens is 1. The molecule has 0 N–H and O–H groups in total. The van der Waals surface area contributed by atoms with Crippen LogP contribution in [0.3, 0.4) is 0 Å². The van der Waals surface area contributed by atoms with Crippen LogP contribution in [0.1, 0.15) is 12.5 Å². The minimum atomic E-state index is -0.469. The average molecular weight is 228 g/mol. The predicted molar refractivity (Wildman–Crippen MR) is 58.6 cm³/mol. The molecule has 5 heteroatoms. The molecule has 0 aromatic heterocycles. The van der Waals surface area contributed by atoms with Crippen molar-refractivity contribution in [3.63, 3.8) is 0 Å². The first kappa shape index (κ1) is 11.5. The molecule has 0 aliphatic rings. The van der Waals surface area contributed by atoms with Gasteiger partial charge in [0.15, 0.2) is 0 Å². The molecule has 0 atom stereocenters. The van der Waals surface area contributed by atoms with Crippen LogP contribution >= 0.6 is 11.6 Å². The summed E-state index contributed by atoms with van der Waals surface area (Å²) >= 11 is 5.91. The number of nitrogens with zero attached hydrogens (tertiary/aromatic N) is 1. The second kappa shape index (κ2) is 4.79. The summed E-state index contributed by atoms with van der Waals surface area (Å²) < 4.78 is 5.06. The van der Waals surface area contributed by atoms with Crippen molar-refractivity contribution in [3.05, 3.63) is 44.6 Å². The van der Waals surface area contributed by atoms with Gasteiger partial charge in [-0.25, -0.2) is 0 Å². The van der Waals surface area contributed by atoms with E-state index in [9.17, 15) is 10.1 Å². The van der Waals surface area contributed by atoms with Gasteiger partial charge in [0, 0.05) is 18.6 Å². The van der Waals surface area contributed by atoms with Crippen LogP contribution in [0.25, 0.3) is 6.08 Å². The van der Waals surface area contributed by atoms with Gasteiger partial charge in [-0.15, -0.1) is 0 Å². The van der Waals surface area contributed by atoms with E-state index in [1.165, 1.54) is 20.1 Å². The first-order chi connectivity index (χ1) is 7.06. The Morgan fingerprint density at radius 2 is 2.27 bits per heavy atom. The molecular formula is C10H10ClNO3. The Morgan fingerprint density at radius 1 is 1.60 bits per heavy atom. The number of nitro groups is 1. The topological polar surface area (TPSA) is 52.4 Å². The highest BCUT2D eigenvalue weighted by molar-refractivity contribution is 6.32. The predicted octanol–water partition coefficient (Wildman–Crippen LogP) is 2.99. The summed E-state index contributed by atoms with van der Waals surface area (Å²) in [6, 6.07) is 5.08. The monoisotopic (exact) mass is 227 g/mol. The molecule has 0 aliphatic heterocycles. The van der Waals surface area contributed by atoms with E-state index in [2.05, 4.69) is 0 Å². The van der Waals surface area contributed by atoms with Crippen LogP contribution in [0.15, 0.2) is 23.9 Å². The quantitative estimate of drug-likeness (QED) is 0.589. The number of ether oxygens (including phenoxy) is 1. The molecule has 0 bridgehead atoms. The van der Waals surface area contributed by atoms with E-state index in [1.54, 1.807) is 18.2 Å². The number of methoxy groups -OCH3 is 1. The molecule has 0 spiro atoms. The minimum absolute atomic E-state index is 0.0152. The normalized spacial score (nSPS) is 11.3. The fourth-order valence-corrected chi connectivity index (χ4v) is 1.32. The zero-order valence-electron chi connectivity index (χ0n) is 8.36. The Kier molecular flexibility index (Phi) is 3.68. The van der Waals surface area contributed by atoms with Gasteiger partial charge < -0.3 is 4.74 Å². The summed E-state index contributed by atoms with van der Waals surface area (Å²) in [4.78, 5) is 10.00. The Bertz CT molecular complexity index is 415. The van der Waals surface area contributed by atoms with Crippen LogP contribution in [0.2, 0.25) is 5.02 Å². The van der Waals surface area contributed by atoms with Gasteiger partial charge in [0.05, 0.1) is 17.1 Å². The molecule has 0 amide bonds. The fraction of sp³-hybridized carbons (Fsp3) is 0.200. The Hall–Kier alpha value is -1.55. The van der Waals surface area contributed by atoms with E-state index < -0.39 is 4.92 Å². The van der Waals surface area contributed by atoms with Gasteiger partial charge in [0.2, 0.25) is 5.70 Å². The van der Waals surface area contributed by atoms with Gasteiger partial charge in [-0.05, 0) is 12.1 Å². The van der Waals surface area contributed by atoms with Gasteiger partial charge in [-0.1, -0.05) is 17.7 Å². The van der Waals surface area contributed by atoms with Crippen LogP contribution in [0.5, 0.6) is 5.75 Å². The van der Waals surface area contributed by atoms with E-state index in [0.717, 1.165) is 0 Å². The molecule has 15 heavy (non-hydrogen) atoms. The van der Waals surface area contributed by atoms with Gasteiger partial charge in [-0.3, -0.25) is 10.1 Å². The molecule has 0 saturated carbocycles. The SMILES string of the molecule is COc1cccc(Cl)c1/C=C(/C)[N+](=O)[O-]. The van der Waals surface area contributed by atoms with E-state index in [4.69, 9.17) is 16.3 Å². The lowest BCUT2D eigenvalue weighted by atomic mass is 10.1. The summed E-state index contributed by atoms with van der Waals surface area (Å²) in [5, 5.41) is 10.9. The van der Waals surface area contributed by atoms with Crippen molar-refractivity contribution in [2.75, 3.05) is 7.11 Å². The van der Waals surface area contributed by atoms with Crippen molar-refractivity contribution in [3.8, 4) is 5.75 Å². The lowest BCUT2D eigenvalue weighted by Crippen LogP contribution is -1.95. The largest absolute Gasteiger partial charge is 0.496 e. The lowest BCUT2D eigenvalue weighted by Gasteiger charge is -2.05. The van der Waals surface area contributed by atoms with Gasteiger partial charge in [0.25, 0.3) is 0 Å². The molecule has 0 radical (unpaired) electrons. The highest BCUT2D eigenvalue weighted by Crippen LogP contribution is 2.28. The summed E-state index contributed by atoms with van der Waals surface area (Å²) in [5.41, 5.74) is 0.539. The third-order valence-electron chi connectivity index (χ3n) is 1.87. The van der Waals surface area contributed by atoms with Crippen molar-refractivity contribution in [2.45, 2.75) is 6.92 Å². The summed E-state index contributed by atoms with van der Waals surface area (Å²) in [5.74, 6) is 0.517. The maximum atomic E-state index is 10.5. The molecule has 0 fully saturated rings. The van der Waals surface area contributed by atoms with E-state index >= 15 is 0 Å². The standard InChI is InChI=1S/C10H10ClNO3/c1-7(12(13)14)6-8-9(11)4-3-5-10(8)15-2/h3-6H,1-2H3/b7-6-. The van der Waals surface area contributed by atoms with E-state index in [1.807, 2.05) is 0 Å². The molecule has 0 aliphatic carbocycles. The molecule has 1 rings (SSSR count). The van der Waals surface area contributed by atoms with E-state index in [0.29, 0.717) is 16.3 Å². The first-order valence-corrected chi connectivity index (χ1v) is 4.59. The third-order valence-corrected chi connectivity index (χ3v) is 2.20. The molecule has 80 valence electrons. The summed E-state index contributed by atoms with van der Waals surface area (Å²) in [6.07, 6.45) is 1.39. The number of allylic oxidation sites excluding steroid dienone is 1. The molecule has 1 aromatic rings.